The van der Waals surface area contributed by atoms with Gasteiger partial charge in [-0.2, -0.15) is 0 Å². The predicted molar refractivity (Wildman–Crippen MR) is 55.9 cm³/mol. The molecular weight excluding hydrogens is 200 g/mol. The van der Waals surface area contributed by atoms with Crippen LogP contribution in [0.25, 0.3) is 0 Å². The molecule has 5 heteroatoms. The maximum absolute atomic E-state index is 11.5. The average Bonchev–Trinajstić information content (AvgIpc) is 2.69. The van der Waals surface area contributed by atoms with Crippen molar-refractivity contribution in [2.24, 2.45) is 5.73 Å². The van der Waals surface area contributed by atoms with Gasteiger partial charge in [-0.3, -0.25) is 4.79 Å². The third-order valence-corrected chi connectivity index (χ3v) is 2.75. The van der Waals surface area contributed by atoms with Gasteiger partial charge in [-0.05, 0) is 18.4 Å². The summed E-state index contributed by atoms with van der Waals surface area (Å²) < 4.78 is 0. The standard InChI is InChI=1S/C9H14N2O2S/c1-6(5-12)11-9(13)8(10)7-3-2-4-14-7/h2-4,6,8,12H,5,10H2,1H3,(H,11,13)/t6-,8?/m1/s1. The van der Waals surface area contributed by atoms with E-state index in [2.05, 4.69) is 5.32 Å². The maximum atomic E-state index is 11.5. The van der Waals surface area contributed by atoms with Gasteiger partial charge in [0.15, 0.2) is 0 Å². The van der Waals surface area contributed by atoms with Gasteiger partial charge in [0, 0.05) is 10.9 Å². The second kappa shape index (κ2) is 5.09. The summed E-state index contributed by atoms with van der Waals surface area (Å²) >= 11 is 1.45. The molecule has 1 unspecified atom stereocenters. The van der Waals surface area contributed by atoms with Crippen LogP contribution < -0.4 is 11.1 Å². The molecule has 0 spiro atoms. The molecule has 0 aliphatic carbocycles. The molecule has 1 aromatic rings. The average molecular weight is 214 g/mol. The first kappa shape index (κ1) is 11.2. The van der Waals surface area contributed by atoms with Crippen molar-refractivity contribution in [2.45, 2.75) is 19.0 Å². The lowest BCUT2D eigenvalue weighted by Gasteiger charge is -2.14. The van der Waals surface area contributed by atoms with E-state index in [1.807, 2.05) is 17.5 Å². The summed E-state index contributed by atoms with van der Waals surface area (Å²) in [6.45, 7) is 1.64. The number of nitrogens with two attached hydrogens (primary N) is 1. The predicted octanol–water partition coefficient (Wildman–Crippen LogP) is 0.245. The molecule has 0 fully saturated rings. The second-order valence-electron chi connectivity index (χ2n) is 3.09. The molecule has 4 nitrogen and oxygen atoms in total. The molecule has 1 heterocycles. The van der Waals surface area contributed by atoms with Crippen LogP contribution in [-0.4, -0.2) is 23.7 Å². The number of aliphatic hydroxyl groups is 1. The number of hydrogen-bond donors (Lipinski definition) is 3. The molecule has 0 saturated carbocycles. The van der Waals surface area contributed by atoms with Crippen LogP contribution in [-0.2, 0) is 4.79 Å². The third kappa shape index (κ3) is 2.80. The van der Waals surface area contributed by atoms with Crippen molar-refractivity contribution in [3.8, 4) is 0 Å². The van der Waals surface area contributed by atoms with E-state index in [0.29, 0.717) is 0 Å². The lowest BCUT2D eigenvalue weighted by atomic mass is 10.2. The molecule has 0 aromatic carbocycles. The van der Waals surface area contributed by atoms with Crippen LogP contribution >= 0.6 is 11.3 Å². The van der Waals surface area contributed by atoms with Crippen molar-refractivity contribution in [3.05, 3.63) is 22.4 Å². The zero-order valence-corrected chi connectivity index (χ0v) is 8.75. The first-order valence-electron chi connectivity index (χ1n) is 4.35. The summed E-state index contributed by atoms with van der Waals surface area (Å²) in [6, 6.07) is 2.78. The number of hydrogen-bond acceptors (Lipinski definition) is 4. The fourth-order valence-corrected chi connectivity index (χ4v) is 1.70. The van der Waals surface area contributed by atoms with Crippen molar-refractivity contribution in [1.29, 1.82) is 0 Å². The summed E-state index contributed by atoms with van der Waals surface area (Å²) in [4.78, 5) is 12.3. The highest BCUT2D eigenvalue weighted by Crippen LogP contribution is 2.16. The Labute approximate surface area is 86.7 Å². The molecular formula is C9H14N2O2S. The molecule has 0 bridgehead atoms. The molecule has 1 aromatic heterocycles. The number of aliphatic hydroxyl groups excluding tert-OH is 1. The summed E-state index contributed by atoms with van der Waals surface area (Å²) in [5.41, 5.74) is 5.70. The zero-order chi connectivity index (χ0) is 10.6. The first-order valence-corrected chi connectivity index (χ1v) is 5.23. The normalized spacial score (nSPS) is 14.8. The van der Waals surface area contributed by atoms with E-state index in [4.69, 9.17) is 10.8 Å². The quantitative estimate of drug-likeness (QED) is 0.672. The Morgan fingerprint density at radius 3 is 3.00 bits per heavy atom. The van der Waals surface area contributed by atoms with Crippen molar-refractivity contribution in [2.75, 3.05) is 6.61 Å². The van der Waals surface area contributed by atoms with Gasteiger partial charge in [0.25, 0.3) is 0 Å². The number of carbonyl (C=O) groups excluding carboxylic acids is 1. The lowest BCUT2D eigenvalue weighted by Crippen LogP contribution is -2.40. The highest BCUT2D eigenvalue weighted by Gasteiger charge is 2.17. The lowest BCUT2D eigenvalue weighted by molar-refractivity contribution is -0.123. The summed E-state index contributed by atoms with van der Waals surface area (Å²) in [5.74, 6) is -0.256. The molecule has 1 amide bonds. The zero-order valence-electron chi connectivity index (χ0n) is 7.93. The molecule has 0 aliphatic heterocycles. The van der Waals surface area contributed by atoms with Gasteiger partial charge in [-0.15, -0.1) is 11.3 Å². The molecule has 1 rings (SSSR count). The minimum absolute atomic E-state index is 0.0805. The molecule has 2 atom stereocenters. The van der Waals surface area contributed by atoms with Crippen molar-refractivity contribution in [1.82, 2.24) is 5.32 Å². The van der Waals surface area contributed by atoms with Gasteiger partial charge in [-0.25, -0.2) is 0 Å². The number of thiophene rings is 1. The van der Waals surface area contributed by atoms with Gasteiger partial charge >= 0.3 is 0 Å². The van der Waals surface area contributed by atoms with E-state index in [1.165, 1.54) is 11.3 Å². The fraction of sp³-hybridized carbons (Fsp3) is 0.444. The first-order chi connectivity index (χ1) is 6.65. The Bertz CT molecular complexity index is 287. The number of rotatable bonds is 4. The van der Waals surface area contributed by atoms with E-state index in [9.17, 15) is 4.79 Å². The van der Waals surface area contributed by atoms with E-state index in [0.717, 1.165) is 4.88 Å². The highest BCUT2D eigenvalue weighted by atomic mass is 32.1. The third-order valence-electron chi connectivity index (χ3n) is 1.79. The van der Waals surface area contributed by atoms with Crippen LogP contribution in [0.15, 0.2) is 17.5 Å². The smallest absolute Gasteiger partial charge is 0.242 e. The Morgan fingerprint density at radius 1 is 1.79 bits per heavy atom. The van der Waals surface area contributed by atoms with Crippen molar-refractivity contribution in [3.63, 3.8) is 0 Å². The van der Waals surface area contributed by atoms with Gasteiger partial charge in [-0.1, -0.05) is 6.07 Å². The Morgan fingerprint density at radius 2 is 2.50 bits per heavy atom. The molecule has 0 saturated heterocycles. The Hall–Kier alpha value is -0.910. The number of amides is 1. The Kier molecular flexibility index (Phi) is 4.06. The highest BCUT2D eigenvalue weighted by molar-refractivity contribution is 7.10. The molecule has 14 heavy (non-hydrogen) atoms. The van der Waals surface area contributed by atoms with Crippen LogP contribution in [0.3, 0.4) is 0 Å². The van der Waals surface area contributed by atoms with E-state index in [1.54, 1.807) is 6.92 Å². The van der Waals surface area contributed by atoms with Crippen LogP contribution in [0.2, 0.25) is 0 Å². The largest absolute Gasteiger partial charge is 0.394 e. The van der Waals surface area contributed by atoms with Gasteiger partial charge in [0.2, 0.25) is 5.91 Å². The number of nitrogens with one attached hydrogen (secondary N) is 1. The summed E-state index contributed by atoms with van der Waals surface area (Å²) in [6.07, 6.45) is 0. The second-order valence-corrected chi connectivity index (χ2v) is 4.06. The van der Waals surface area contributed by atoms with Gasteiger partial charge < -0.3 is 16.2 Å². The summed E-state index contributed by atoms with van der Waals surface area (Å²) in [7, 11) is 0. The molecule has 78 valence electrons. The number of carbonyl (C=O) groups is 1. The molecule has 4 N–H and O–H groups in total. The van der Waals surface area contributed by atoms with Gasteiger partial charge in [0.05, 0.1) is 6.61 Å². The van der Waals surface area contributed by atoms with Crippen LogP contribution in [0, 0.1) is 0 Å². The van der Waals surface area contributed by atoms with E-state index < -0.39 is 6.04 Å². The van der Waals surface area contributed by atoms with E-state index >= 15 is 0 Å². The minimum atomic E-state index is -0.635. The van der Waals surface area contributed by atoms with Crippen LogP contribution in [0.5, 0.6) is 0 Å². The van der Waals surface area contributed by atoms with Crippen molar-refractivity contribution < 1.29 is 9.90 Å². The summed E-state index contributed by atoms with van der Waals surface area (Å²) in [5, 5.41) is 13.2. The van der Waals surface area contributed by atoms with Crippen LogP contribution in [0.1, 0.15) is 17.8 Å². The maximum Gasteiger partial charge on any atom is 0.242 e. The van der Waals surface area contributed by atoms with Crippen molar-refractivity contribution >= 4 is 17.2 Å². The van der Waals surface area contributed by atoms with Gasteiger partial charge in [0.1, 0.15) is 6.04 Å². The monoisotopic (exact) mass is 214 g/mol. The fourth-order valence-electron chi connectivity index (χ4n) is 0.976. The van der Waals surface area contributed by atoms with Crippen LogP contribution in [0.4, 0.5) is 0 Å². The molecule has 0 radical (unpaired) electrons. The van der Waals surface area contributed by atoms with E-state index in [-0.39, 0.29) is 18.6 Å². The topological polar surface area (TPSA) is 75.3 Å². The Balaban J connectivity index is 2.53. The minimum Gasteiger partial charge on any atom is -0.394 e. The SMILES string of the molecule is C[C@H](CO)NC(=O)C(N)c1cccs1. The molecule has 0 aliphatic rings.